The van der Waals surface area contributed by atoms with Crippen molar-refractivity contribution in [2.24, 2.45) is 0 Å². The molecule has 1 aromatic carbocycles. The van der Waals surface area contributed by atoms with Gasteiger partial charge < -0.3 is 9.47 Å². The smallest absolute Gasteiger partial charge is 0.165 e. The zero-order chi connectivity index (χ0) is 13.9. The molecule has 2 nitrogen and oxygen atoms in total. The summed E-state index contributed by atoms with van der Waals surface area (Å²) in [5, 5.41) is 0. The first-order valence-corrected chi connectivity index (χ1v) is 7.71. The largest absolute Gasteiger partial charge is 0.493 e. The fourth-order valence-electron chi connectivity index (χ4n) is 2.05. The van der Waals surface area contributed by atoms with Gasteiger partial charge in [-0.25, -0.2) is 0 Å². The highest BCUT2D eigenvalue weighted by Crippen LogP contribution is 2.32. The minimum absolute atomic E-state index is 0.447. The SMILES string of the molecule is CCCCCCCCOc1c(CCl)cccc1OC. The summed E-state index contributed by atoms with van der Waals surface area (Å²) in [4.78, 5) is 0. The van der Waals surface area contributed by atoms with Gasteiger partial charge in [0, 0.05) is 5.56 Å². The van der Waals surface area contributed by atoms with Crippen molar-refractivity contribution >= 4 is 11.6 Å². The maximum Gasteiger partial charge on any atom is 0.165 e. The molecule has 0 spiro atoms. The number of methoxy groups -OCH3 is 1. The third kappa shape index (κ3) is 5.73. The van der Waals surface area contributed by atoms with Gasteiger partial charge in [-0.15, -0.1) is 11.6 Å². The van der Waals surface area contributed by atoms with Gasteiger partial charge in [0.1, 0.15) is 0 Å². The van der Waals surface area contributed by atoms with Crippen molar-refractivity contribution in [3.63, 3.8) is 0 Å². The minimum atomic E-state index is 0.447. The summed E-state index contributed by atoms with van der Waals surface area (Å²) in [6.07, 6.45) is 7.57. The second kappa shape index (κ2) is 9.96. The minimum Gasteiger partial charge on any atom is -0.493 e. The van der Waals surface area contributed by atoms with Gasteiger partial charge in [-0.2, -0.15) is 0 Å². The molecule has 0 amide bonds. The molecule has 0 aliphatic rings. The zero-order valence-electron chi connectivity index (χ0n) is 12.1. The van der Waals surface area contributed by atoms with Crippen LogP contribution in [0.3, 0.4) is 0 Å². The van der Waals surface area contributed by atoms with E-state index in [9.17, 15) is 0 Å². The summed E-state index contributed by atoms with van der Waals surface area (Å²) in [7, 11) is 1.66. The number of unbranched alkanes of at least 4 members (excludes halogenated alkanes) is 5. The number of hydrogen-bond donors (Lipinski definition) is 0. The van der Waals surface area contributed by atoms with Crippen LogP contribution in [-0.4, -0.2) is 13.7 Å². The van der Waals surface area contributed by atoms with E-state index in [1.54, 1.807) is 7.11 Å². The lowest BCUT2D eigenvalue weighted by Gasteiger charge is -2.13. The van der Waals surface area contributed by atoms with Crippen molar-refractivity contribution in [1.82, 2.24) is 0 Å². The Balaban J connectivity index is 2.35. The second-order valence-corrected chi connectivity index (χ2v) is 4.97. The standard InChI is InChI=1S/C16H25ClO2/c1-3-4-5-6-7-8-12-19-16-14(13-17)10-9-11-15(16)18-2/h9-11H,3-8,12-13H2,1-2H3. The lowest BCUT2D eigenvalue weighted by molar-refractivity contribution is 0.282. The molecule has 0 fully saturated rings. The van der Waals surface area contributed by atoms with Gasteiger partial charge in [0.2, 0.25) is 0 Å². The van der Waals surface area contributed by atoms with Crippen LogP contribution in [0, 0.1) is 0 Å². The van der Waals surface area contributed by atoms with Crippen molar-refractivity contribution in [3.05, 3.63) is 23.8 Å². The Morgan fingerprint density at radius 1 is 1.05 bits per heavy atom. The lowest BCUT2D eigenvalue weighted by atomic mass is 10.1. The Hall–Kier alpha value is -0.890. The Kier molecular flexibility index (Phi) is 8.48. The maximum absolute atomic E-state index is 5.92. The highest BCUT2D eigenvalue weighted by molar-refractivity contribution is 6.17. The number of benzene rings is 1. The highest BCUT2D eigenvalue weighted by atomic mass is 35.5. The Labute approximate surface area is 122 Å². The summed E-state index contributed by atoms with van der Waals surface area (Å²) in [6.45, 7) is 2.97. The number of para-hydroxylation sites is 1. The Morgan fingerprint density at radius 3 is 2.47 bits per heavy atom. The second-order valence-electron chi connectivity index (χ2n) is 4.70. The van der Waals surface area contributed by atoms with Crippen LogP contribution >= 0.6 is 11.6 Å². The molecule has 0 radical (unpaired) electrons. The van der Waals surface area contributed by atoms with Crippen LogP contribution in [0.1, 0.15) is 51.0 Å². The van der Waals surface area contributed by atoms with Gasteiger partial charge in [-0.05, 0) is 12.5 Å². The molecule has 1 aromatic rings. The molecule has 108 valence electrons. The zero-order valence-corrected chi connectivity index (χ0v) is 12.8. The van der Waals surface area contributed by atoms with Gasteiger partial charge in [0.25, 0.3) is 0 Å². The fourth-order valence-corrected chi connectivity index (χ4v) is 2.26. The average molecular weight is 285 g/mol. The first kappa shape index (κ1) is 16.2. The molecule has 0 saturated carbocycles. The molecule has 0 aliphatic carbocycles. The van der Waals surface area contributed by atoms with Gasteiger partial charge in [-0.1, -0.05) is 51.2 Å². The number of ether oxygens (including phenoxy) is 2. The number of halogens is 1. The molecule has 0 atom stereocenters. The van der Waals surface area contributed by atoms with Crippen molar-refractivity contribution < 1.29 is 9.47 Å². The number of rotatable bonds is 10. The molecular formula is C16H25ClO2. The predicted octanol–water partition coefficient (Wildman–Crippen LogP) is 5.17. The molecule has 19 heavy (non-hydrogen) atoms. The molecule has 3 heteroatoms. The monoisotopic (exact) mass is 284 g/mol. The maximum atomic E-state index is 5.92. The lowest BCUT2D eigenvalue weighted by Crippen LogP contribution is -2.02. The summed E-state index contributed by atoms with van der Waals surface area (Å²) >= 11 is 5.92. The first-order valence-electron chi connectivity index (χ1n) is 7.18. The van der Waals surface area contributed by atoms with E-state index in [0.717, 1.165) is 30.1 Å². The van der Waals surface area contributed by atoms with Crippen molar-refractivity contribution in [1.29, 1.82) is 0 Å². The van der Waals surface area contributed by atoms with Gasteiger partial charge in [0.15, 0.2) is 11.5 Å². The number of alkyl halides is 1. The van der Waals surface area contributed by atoms with Crippen LogP contribution in [0.15, 0.2) is 18.2 Å². The molecule has 0 aliphatic heterocycles. The van der Waals surface area contributed by atoms with E-state index < -0.39 is 0 Å². The van der Waals surface area contributed by atoms with E-state index >= 15 is 0 Å². The van der Waals surface area contributed by atoms with Gasteiger partial charge in [0.05, 0.1) is 19.6 Å². The van der Waals surface area contributed by atoms with E-state index in [2.05, 4.69) is 6.92 Å². The molecule has 0 saturated heterocycles. The van der Waals surface area contributed by atoms with Crippen LogP contribution in [0.4, 0.5) is 0 Å². The van der Waals surface area contributed by atoms with Crippen LogP contribution < -0.4 is 9.47 Å². The van der Waals surface area contributed by atoms with E-state index in [4.69, 9.17) is 21.1 Å². The Bertz CT molecular complexity index is 330. The molecular weight excluding hydrogens is 260 g/mol. The van der Waals surface area contributed by atoms with Crippen LogP contribution in [0.5, 0.6) is 11.5 Å². The van der Waals surface area contributed by atoms with Crippen molar-refractivity contribution in [2.45, 2.75) is 51.3 Å². The molecule has 0 aromatic heterocycles. The Morgan fingerprint density at radius 2 is 1.79 bits per heavy atom. The van der Waals surface area contributed by atoms with Crippen molar-refractivity contribution in [3.8, 4) is 11.5 Å². The third-order valence-electron chi connectivity index (χ3n) is 3.17. The van der Waals surface area contributed by atoms with E-state index in [1.165, 1.54) is 32.1 Å². The average Bonchev–Trinajstić information content (AvgIpc) is 2.46. The molecule has 1 rings (SSSR count). The van der Waals surface area contributed by atoms with E-state index in [0.29, 0.717) is 5.88 Å². The van der Waals surface area contributed by atoms with Gasteiger partial charge >= 0.3 is 0 Å². The van der Waals surface area contributed by atoms with Crippen LogP contribution in [0.2, 0.25) is 0 Å². The summed E-state index contributed by atoms with van der Waals surface area (Å²) in [5.41, 5.74) is 0.993. The third-order valence-corrected chi connectivity index (χ3v) is 3.46. The van der Waals surface area contributed by atoms with Gasteiger partial charge in [-0.3, -0.25) is 0 Å². The molecule has 0 heterocycles. The van der Waals surface area contributed by atoms with Crippen LogP contribution in [0.25, 0.3) is 0 Å². The first-order chi connectivity index (χ1) is 9.33. The topological polar surface area (TPSA) is 18.5 Å². The van der Waals surface area contributed by atoms with E-state index in [-0.39, 0.29) is 0 Å². The van der Waals surface area contributed by atoms with E-state index in [1.807, 2.05) is 18.2 Å². The normalized spacial score (nSPS) is 10.5. The summed E-state index contributed by atoms with van der Waals surface area (Å²) in [5.74, 6) is 2.01. The summed E-state index contributed by atoms with van der Waals surface area (Å²) < 4.78 is 11.2. The van der Waals surface area contributed by atoms with Crippen molar-refractivity contribution in [2.75, 3.05) is 13.7 Å². The quantitative estimate of drug-likeness (QED) is 0.436. The molecule has 0 bridgehead atoms. The number of hydrogen-bond acceptors (Lipinski definition) is 2. The molecule has 0 N–H and O–H groups in total. The predicted molar refractivity (Wildman–Crippen MR) is 81.4 cm³/mol. The molecule has 0 unspecified atom stereocenters. The highest BCUT2D eigenvalue weighted by Gasteiger charge is 2.09. The fraction of sp³-hybridized carbons (Fsp3) is 0.625. The summed E-state index contributed by atoms with van der Waals surface area (Å²) in [6, 6.07) is 5.83. The van der Waals surface area contributed by atoms with Crippen LogP contribution in [-0.2, 0) is 5.88 Å².